The molecule has 7 nitrogen and oxygen atoms in total. The molecule has 0 bridgehead atoms. The molecule has 3 heterocycles. The van der Waals surface area contributed by atoms with Crippen LogP contribution < -0.4 is 9.64 Å². The first-order chi connectivity index (χ1) is 15.4. The number of carbonyl (C=O) groups excluding carboxylic acids is 2. The zero-order valence-electron chi connectivity index (χ0n) is 18.4. The van der Waals surface area contributed by atoms with Crippen molar-refractivity contribution < 1.29 is 19.1 Å². The van der Waals surface area contributed by atoms with Gasteiger partial charge in [0, 0.05) is 17.1 Å². The summed E-state index contributed by atoms with van der Waals surface area (Å²) in [6, 6.07) is 10.5. The van der Waals surface area contributed by atoms with Crippen LogP contribution in [-0.4, -0.2) is 40.1 Å². The van der Waals surface area contributed by atoms with Gasteiger partial charge in [-0.05, 0) is 57.5 Å². The molecular weight excluding hydrogens is 426 g/mol. The van der Waals surface area contributed by atoms with E-state index < -0.39 is 18.1 Å². The van der Waals surface area contributed by atoms with Crippen LogP contribution in [0, 0.1) is 0 Å². The fraction of sp³-hybridized carbons (Fsp3) is 0.333. The number of benzene rings is 1. The van der Waals surface area contributed by atoms with Gasteiger partial charge in [-0.2, -0.15) is 0 Å². The first kappa shape index (κ1) is 22.0. The Morgan fingerprint density at radius 1 is 1.25 bits per heavy atom. The van der Waals surface area contributed by atoms with Crippen molar-refractivity contribution in [1.82, 2.24) is 9.97 Å². The lowest BCUT2D eigenvalue weighted by Gasteiger charge is -2.37. The van der Waals surface area contributed by atoms with Crippen LogP contribution in [0.25, 0.3) is 22.0 Å². The number of anilines is 1. The van der Waals surface area contributed by atoms with Crippen LogP contribution in [0.4, 0.5) is 5.69 Å². The second kappa shape index (κ2) is 9.08. The molecule has 0 N–H and O–H groups in total. The third-order valence-corrected chi connectivity index (χ3v) is 5.98. The maximum absolute atomic E-state index is 13.1. The van der Waals surface area contributed by atoms with Gasteiger partial charge in [0.25, 0.3) is 5.91 Å². The molecule has 4 rings (SSSR count). The molecule has 0 saturated heterocycles. The van der Waals surface area contributed by atoms with E-state index in [1.54, 1.807) is 27.0 Å². The number of hydrogen-bond donors (Lipinski definition) is 0. The minimum absolute atomic E-state index is 0.268. The summed E-state index contributed by atoms with van der Waals surface area (Å²) < 4.78 is 11.3. The Kier molecular flexibility index (Phi) is 6.23. The van der Waals surface area contributed by atoms with Crippen molar-refractivity contribution in [2.45, 2.75) is 52.4 Å². The molecule has 166 valence electrons. The quantitative estimate of drug-likeness (QED) is 0.505. The van der Waals surface area contributed by atoms with E-state index in [4.69, 9.17) is 14.5 Å². The highest BCUT2D eigenvalue weighted by Crippen LogP contribution is 2.40. The molecule has 0 spiro atoms. The Bertz CT molecular complexity index is 1130. The third-order valence-electron chi connectivity index (χ3n) is 5.11. The van der Waals surface area contributed by atoms with Crippen molar-refractivity contribution in [1.29, 1.82) is 0 Å². The molecule has 2 unspecified atom stereocenters. The van der Waals surface area contributed by atoms with Crippen LogP contribution in [0.1, 0.15) is 34.1 Å². The number of nitrogens with zero attached hydrogens (tertiary/aromatic N) is 3. The number of rotatable bonds is 6. The summed E-state index contributed by atoms with van der Waals surface area (Å²) in [6.07, 6.45) is 1.20. The number of thiazole rings is 1. The first-order valence-electron chi connectivity index (χ1n) is 10.6. The molecule has 1 aliphatic heterocycles. The topological polar surface area (TPSA) is 81.6 Å². The highest BCUT2D eigenvalue weighted by molar-refractivity contribution is 7.13. The van der Waals surface area contributed by atoms with E-state index in [0.717, 1.165) is 22.0 Å². The molecule has 2 atom stereocenters. The summed E-state index contributed by atoms with van der Waals surface area (Å²) in [5.74, 6) is -0.140. The predicted molar refractivity (Wildman–Crippen MR) is 124 cm³/mol. The average molecular weight is 452 g/mol. The number of esters is 1. The molecule has 3 aromatic rings. The second-order valence-electron chi connectivity index (χ2n) is 7.81. The van der Waals surface area contributed by atoms with E-state index in [1.807, 2.05) is 48.7 Å². The Hall–Kier alpha value is -3.26. The summed E-state index contributed by atoms with van der Waals surface area (Å²) >= 11 is 1.50. The van der Waals surface area contributed by atoms with Crippen LogP contribution in [-0.2, 0) is 14.3 Å². The molecule has 0 fully saturated rings. The fourth-order valence-electron chi connectivity index (χ4n) is 3.62. The van der Waals surface area contributed by atoms with E-state index >= 15 is 0 Å². The van der Waals surface area contributed by atoms with Crippen molar-refractivity contribution in [2.75, 3.05) is 4.90 Å². The maximum Gasteiger partial charge on any atom is 0.329 e. The summed E-state index contributed by atoms with van der Waals surface area (Å²) in [6.45, 7) is 7.14. The van der Waals surface area contributed by atoms with Crippen molar-refractivity contribution in [3.63, 3.8) is 0 Å². The smallest absolute Gasteiger partial charge is 0.329 e. The van der Waals surface area contributed by atoms with Gasteiger partial charge in [-0.3, -0.25) is 14.7 Å². The zero-order valence-corrected chi connectivity index (χ0v) is 19.3. The van der Waals surface area contributed by atoms with Gasteiger partial charge in [0.05, 0.1) is 23.2 Å². The Balaban J connectivity index is 1.73. The maximum atomic E-state index is 13.1. The van der Waals surface area contributed by atoms with Crippen LogP contribution in [0.2, 0.25) is 0 Å². The SMILES string of the molecule is CCC(C(=O)OC(C)C)N1C(=O)C(C)Oc2ccc(-c3csc(-c4ccccn4)n3)cc21. The van der Waals surface area contributed by atoms with E-state index in [2.05, 4.69) is 4.98 Å². The number of fused-ring (bicyclic) bond motifs is 1. The van der Waals surface area contributed by atoms with Gasteiger partial charge < -0.3 is 9.47 Å². The lowest BCUT2D eigenvalue weighted by Crippen LogP contribution is -2.53. The molecule has 0 saturated carbocycles. The largest absolute Gasteiger partial charge is 0.479 e. The van der Waals surface area contributed by atoms with E-state index in [0.29, 0.717) is 17.9 Å². The van der Waals surface area contributed by atoms with Gasteiger partial charge >= 0.3 is 5.97 Å². The number of pyridine rings is 1. The summed E-state index contributed by atoms with van der Waals surface area (Å²) in [5.41, 5.74) is 2.94. The minimum atomic E-state index is -0.732. The van der Waals surface area contributed by atoms with Crippen LogP contribution >= 0.6 is 11.3 Å². The van der Waals surface area contributed by atoms with E-state index in [-0.39, 0.29) is 12.0 Å². The summed E-state index contributed by atoms with van der Waals surface area (Å²) in [5, 5.41) is 2.76. The Morgan fingerprint density at radius 3 is 2.75 bits per heavy atom. The molecule has 0 radical (unpaired) electrons. The average Bonchev–Trinajstić information content (AvgIpc) is 3.27. The monoisotopic (exact) mass is 451 g/mol. The molecule has 1 amide bonds. The van der Waals surface area contributed by atoms with Gasteiger partial charge in [-0.1, -0.05) is 13.0 Å². The Labute approximate surface area is 191 Å². The van der Waals surface area contributed by atoms with E-state index in [9.17, 15) is 9.59 Å². The second-order valence-corrected chi connectivity index (χ2v) is 8.67. The molecular formula is C24H25N3O4S. The normalized spacial score (nSPS) is 16.5. The minimum Gasteiger partial charge on any atom is -0.479 e. The molecule has 1 aliphatic rings. The highest BCUT2D eigenvalue weighted by Gasteiger charge is 2.39. The number of carbonyl (C=O) groups is 2. The highest BCUT2D eigenvalue weighted by atomic mass is 32.1. The van der Waals surface area contributed by atoms with Crippen LogP contribution in [0.15, 0.2) is 48.0 Å². The molecule has 8 heteroatoms. The molecule has 2 aromatic heterocycles. The van der Waals surface area contributed by atoms with Gasteiger partial charge in [-0.15, -0.1) is 11.3 Å². The van der Waals surface area contributed by atoms with E-state index in [1.165, 1.54) is 16.2 Å². The number of ether oxygens (including phenoxy) is 2. The van der Waals surface area contributed by atoms with Gasteiger partial charge in [0.15, 0.2) is 6.10 Å². The van der Waals surface area contributed by atoms with Crippen molar-refractivity contribution in [3.8, 4) is 27.7 Å². The number of aromatic nitrogens is 2. The van der Waals surface area contributed by atoms with Crippen LogP contribution in [0.3, 0.4) is 0 Å². The van der Waals surface area contributed by atoms with Crippen LogP contribution in [0.5, 0.6) is 5.75 Å². The fourth-order valence-corrected chi connectivity index (χ4v) is 4.42. The lowest BCUT2D eigenvalue weighted by atomic mass is 10.0. The molecule has 0 aliphatic carbocycles. The summed E-state index contributed by atoms with van der Waals surface area (Å²) in [4.78, 5) is 36.5. The number of hydrogen-bond acceptors (Lipinski definition) is 7. The molecule has 1 aromatic carbocycles. The number of amides is 1. The van der Waals surface area contributed by atoms with Crippen molar-refractivity contribution >= 4 is 28.9 Å². The third kappa shape index (κ3) is 4.23. The molecule has 32 heavy (non-hydrogen) atoms. The van der Waals surface area contributed by atoms with Gasteiger partial charge in [0.2, 0.25) is 0 Å². The van der Waals surface area contributed by atoms with Crippen molar-refractivity contribution in [3.05, 3.63) is 48.0 Å². The lowest BCUT2D eigenvalue weighted by molar-refractivity contribution is -0.150. The first-order valence-corrected chi connectivity index (χ1v) is 11.5. The Morgan fingerprint density at radius 2 is 2.06 bits per heavy atom. The summed E-state index contributed by atoms with van der Waals surface area (Å²) in [7, 11) is 0. The van der Waals surface area contributed by atoms with Gasteiger partial charge in [-0.25, -0.2) is 9.78 Å². The standard InChI is InChI=1S/C24H25N3O4S/c1-5-19(24(29)30-14(2)3)27-20-12-16(9-10-21(20)31-15(4)23(27)28)18-13-32-22(26-18)17-8-6-7-11-25-17/h6-15,19H,5H2,1-4H3. The van der Waals surface area contributed by atoms with Gasteiger partial charge in [0.1, 0.15) is 16.8 Å². The van der Waals surface area contributed by atoms with Crippen molar-refractivity contribution in [2.24, 2.45) is 0 Å². The zero-order chi connectivity index (χ0) is 22.8. The predicted octanol–water partition coefficient (Wildman–Crippen LogP) is 4.72.